The molecule has 1 unspecified atom stereocenters. The van der Waals surface area contributed by atoms with Crippen LogP contribution in [0, 0.1) is 0 Å². The van der Waals surface area contributed by atoms with Crippen molar-refractivity contribution < 1.29 is 9.59 Å². The fraction of sp³-hybridized carbons (Fsp3) is 0.179. The molecule has 2 aliphatic heterocycles. The molecular formula is C28H25BrN4O2S. The van der Waals surface area contributed by atoms with Crippen molar-refractivity contribution in [2.45, 2.75) is 19.4 Å². The molecule has 3 aromatic carbocycles. The number of fused-ring (bicyclic) bond motifs is 1. The number of rotatable bonds is 5. The number of carbonyl (C=O) groups is 2. The van der Waals surface area contributed by atoms with E-state index in [4.69, 9.17) is 4.99 Å². The van der Waals surface area contributed by atoms with Crippen LogP contribution in [0.15, 0.2) is 99.6 Å². The van der Waals surface area contributed by atoms with E-state index in [2.05, 4.69) is 31.5 Å². The van der Waals surface area contributed by atoms with Crippen molar-refractivity contribution in [3.05, 3.63) is 106 Å². The number of hydrogen-bond donors (Lipinski definition) is 2. The summed E-state index contributed by atoms with van der Waals surface area (Å²) >= 11 is 5.12. The van der Waals surface area contributed by atoms with Crippen molar-refractivity contribution in [2.24, 2.45) is 4.99 Å². The van der Waals surface area contributed by atoms with Gasteiger partial charge in [-0.25, -0.2) is 4.99 Å². The molecule has 1 atom stereocenters. The molecule has 0 aromatic heterocycles. The summed E-state index contributed by atoms with van der Waals surface area (Å²) in [5, 5.41) is 6.94. The van der Waals surface area contributed by atoms with Crippen LogP contribution in [0.5, 0.6) is 0 Å². The quantitative estimate of drug-likeness (QED) is 0.375. The molecule has 0 saturated carbocycles. The SMILES string of the molecule is CC1=C(C(=O)Nc2ccccc2)C(c2ccc(NC(=O)c3ccc(Br)cc3)cc2)N2CCCSC2=N1. The van der Waals surface area contributed by atoms with Gasteiger partial charge in [-0.3, -0.25) is 9.59 Å². The lowest BCUT2D eigenvalue weighted by Gasteiger charge is -2.40. The number of thioether (sulfide) groups is 1. The molecule has 0 radical (unpaired) electrons. The molecule has 3 aromatic rings. The Morgan fingerprint density at radius 3 is 2.31 bits per heavy atom. The number of nitrogens with one attached hydrogen (secondary N) is 2. The number of hydrogen-bond acceptors (Lipinski definition) is 5. The van der Waals surface area contributed by atoms with Gasteiger partial charge in [-0.05, 0) is 67.4 Å². The van der Waals surface area contributed by atoms with E-state index in [0.717, 1.165) is 45.3 Å². The monoisotopic (exact) mass is 560 g/mol. The van der Waals surface area contributed by atoms with Crippen molar-refractivity contribution in [3.63, 3.8) is 0 Å². The number of carbonyl (C=O) groups excluding carboxylic acids is 2. The molecular weight excluding hydrogens is 536 g/mol. The molecule has 0 spiro atoms. The second-order valence-corrected chi connectivity index (χ2v) is 10.6. The Bertz CT molecular complexity index is 1340. The highest BCUT2D eigenvalue weighted by Crippen LogP contribution is 2.40. The van der Waals surface area contributed by atoms with Gasteiger partial charge in [0, 0.05) is 33.7 Å². The van der Waals surface area contributed by atoms with E-state index in [1.165, 1.54) is 0 Å². The number of anilines is 2. The molecule has 2 aliphatic rings. The second kappa shape index (κ2) is 10.7. The van der Waals surface area contributed by atoms with Crippen LogP contribution in [0.3, 0.4) is 0 Å². The average Bonchev–Trinajstić information content (AvgIpc) is 2.89. The molecule has 2 N–H and O–H groups in total. The molecule has 6 nitrogen and oxygen atoms in total. The summed E-state index contributed by atoms with van der Waals surface area (Å²) in [7, 11) is 0. The molecule has 1 saturated heterocycles. The van der Waals surface area contributed by atoms with Gasteiger partial charge in [-0.15, -0.1) is 0 Å². The third-order valence-corrected chi connectivity index (χ3v) is 7.73. The van der Waals surface area contributed by atoms with E-state index in [0.29, 0.717) is 16.8 Å². The summed E-state index contributed by atoms with van der Waals surface area (Å²) in [6.07, 6.45) is 1.02. The van der Waals surface area contributed by atoms with Crippen LogP contribution in [0.4, 0.5) is 11.4 Å². The van der Waals surface area contributed by atoms with Gasteiger partial charge in [0.15, 0.2) is 5.17 Å². The van der Waals surface area contributed by atoms with Crippen LogP contribution < -0.4 is 10.6 Å². The van der Waals surface area contributed by atoms with Crippen molar-refractivity contribution in [2.75, 3.05) is 22.9 Å². The van der Waals surface area contributed by atoms with Crippen molar-refractivity contribution in [3.8, 4) is 0 Å². The third kappa shape index (κ3) is 5.24. The maximum atomic E-state index is 13.5. The largest absolute Gasteiger partial charge is 0.340 e. The first kappa shape index (κ1) is 24.3. The van der Waals surface area contributed by atoms with E-state index in [1.54, 1.807) is 23.9 Å². The lowest BCUT2D eigenvalue weighted by Crippen LogP contribution is -2.43. The minimum absolute atomic E-state index is 0.158. The number of amides is 2. The summed E-state index contributed by atoms with van der Waals surface area (Å²) in [5.74, 6) is 0.685. The first-order valence-corrected chi connectivity index (χ1v) is 13.5. The zero-order chi connectivity index (χ0) is 25.1. The number of para-hydroxylation sites is 1. The van der Waals surface area contributed by atoms with E-state index in [9.17, 15) is 9.59 Å². The summed E-state index contributed by atoms with van der Waals surface area (Å²) in [6, 6.07) is 24.2. The average molecular weight is 562 g/mol. The first-order valence-electron chi connectivity index (χ1n) is 11.7. The second-order valence-electron chi connectivity index (χ2n) is 8.59. The zero-order valence-corrected chi connectivity index (χ0v) is 22.1. The first-order chi connectivity index (χ1) is 17.5. The molecule has 1 fully saturated rings. The molecule has 36 heavy (non-hydrogen) atoms. The lowest BCUT2D eigenvalue weighted by atomic mass is 9.93. The molecule has 0 aliphatic carbocycles. The fourth-order valence-electron chi connectivity index (χ4n) is 4.38. The van der Waals surface area contributed by atoms with Crippen LogP contribution in [-0.4, -0.2) is 34.2 Å². The Morgan fingerprint density at radius 2 is 1.58 bits per heavy atom. The highest BCUT2D eigenvalue weighted by atomic mass is 79.9. The van der Waals surface area contributed by atoms with E-state index in [1.807, 2.05) is 73.7 Å². The number of nitrogens with zero attached hydrogens (tertiary/aromatic N) is 2. The van der Waals surface area contributed by atoms with Gasteiger partial charge in [0.1, 0.15) is 0 Å². The van der Waals surface area contributed by atoms with Gasteiger partial charge in [0.25, 0.3) is 11.8 Å². The molecule has 2 heterocycles. The van der Waals surface area contributed by atoms with Gasteiger partial charge < -0.3 is 15.5 Å². The predicted octanol–water partition coefficient (Wildman–Crippen LogP) is 6.46. The summed E-state index contributed by atoms with van der Waals surface area (Å²) in [5.41, 5.74) is 4.36. The normalized spacial score (nSPS) is 17.2. The van der Waals surface area contributed by atoms with Crippen LogP contribution in [0.2, 0.25) is 0 Å². The van der Waals surface area contributed by atoms with Crippen molar-refractivity contribution in [1.82, 2.24) is 4.90 Å². The van der Waals surface area contributed by atoms with Crippen molar-refractivity contribution in [1.29, 1.82) is 0 Å². The minimum atomic E-state index is -0.259. The fourth-order valence-corrected chi connectivity index (χ4v) is 5.66. The summed E-state index contributed by atoms with van der Waals surface area (Å²) < 4.78 is 0.921. The van der Waals surface area contributed by atoms with Gasteiger partial charge in [0.05, 0.1) is 17.3 Å². The Kier molecular flexibility index (Phi) is 7.25. The maximum absolute atomic E-state index is 13.5. The molecule has 0 bridgehead atoms. The summed E-state index contributed by atoms with van der Waals surface area (Å²) in [4.78, 5) is 33.1. The topological polar surface area (TPSA) is 73.8 Å². The third-order valence-electron chi connectivity index (χ3n) is 6.13. The van der Waals surface area contributed by atoms with Gasteiger partial charge in [-0.1, -0.05) is 58.0 Å². The molecule has 8 heteroatoms. The smallest absolute Gasteiger partial charge is 0.255 e. The number of benzene rings is 3. The van der Waals surface area contributed by atoms with Crippen LogP contribution >= 0.6 is 27.7 Å². The summed E-state index contributed by atoms with van der Waals surface area (Å²) in [6.45, 7) is 2.73. The Morgan fingerprint density at radius 1 is 0.917 bits per heavy atom. The molecule has 5 rings (SSSR count). The standard InChI is InChI=1S/C28H25BrN4O2S/c1-18-24(27(35)32-22-6-3-2-4-7-22)25(33-16-5-17-36-28(33)30-18)19-10-14-23(15-11-19)31-26(34)20-8-12-21(29)13-9-20/h2-4,6-15,25H,5,16-17H2,1H3,(H,31,34)(H,32,35). The van der Waals surface area contributed by atoms with Gasteiger partial charge in [0.2, 0.25) is 0 Å². The van der Waals surface area contributed by atoms with Crippen LogP contribution in [0.1, 0.15) is 35.3 Å². The van der Waals surface area contributed by atoms with E-state index in [-0.39, 0.29) is 17.9 Å². The zero-order valence-electron chi connectivity index (χ0n) is 19.7. The van der Waals surface area contributed by atoms with Crippen LogP contribution in [0.25, 0.3) is 0 Å². The highest BCUT2D eigenvalue weighted by Gasteiger charge is 2.37. The van der Waals surface area contributed by atoms with Gasteiger partial charge in [-0.2, -0.15) is 0 Å². The Labute approximate surface area is 223 Å². The number of allylic oxidation sites excluding steroid dienone is 1. The van der Waals surface area contributed by atoms with E-state index < -0.39 is 0 Å². The van der Waals surface area contributed by atoms with E-state index >= 15 is 0 Å². The molecule has 182 valence electrons. The number of halogens is 1. The predicted molar refractivity (Wildman–Crippen MR) is 150 cm³/mol. The minimum Gasteiger partial charge on any atom is -0.340 e. The molecule has 2 amide bonds. The number of aliphatic imine (C=N–C) groups is 1. The van der Waals surface area contributed by atoms with Gasteiger partial charge >= 0.3 is 0 Å². The van der Waals surface area contributed by atoms with Crippen molar-refractivity contribution >= 4 is 56.0 Å². The number of amidine groups is 1. The maximum Gasteiger partial charge on any atom is 0.255 e. The lowest BCUT2D eigenvalue weighted by molar-refractivity contribution is -0.113. The van der Waals surface area contributed by atoms with Crippen LogP contribution in [-0.2, 0) is 4.79 Å². The Balaban J connectivity index is 1.42. The highest BCUT2D eigenvalue weighted by molar-refractivity contribution is 9.10. The Hall–Kier alpha value is -3.36.